The third-order valence-electron chi connectivity index (χ3n) is 5.03. The molecule has 0 aliphatic carbocycles. The highest BCUT2D eigenvalue weighted by atomic mass is 16.5. The molecule has 0 bridgehead atoms. The number of hydrogen-bond donors (Lipinski definition) is 2. The molecule has 31 heavy (non-hydrogen) atoms. The molecule has 0 saturated heterocycles. The van der Waals surface area contributed by atoms with Crippen molar-refractivity contribution in [1.82, 2.24) is 0 Å². The van der Waals surface area contributed by atoms with E-state index in [-0.39, 0.29) is 11.5 Å². The van der Waals surface area contributed by atoms with E-state index in [1.165, 1.54) is 11.1 Å². The normalized spacial score (nSPS) is 10.6. The molecule has 0 aliphatic heterocycles. The second-order valence-electron chi connectivity index (χ2n) is 7.57. The number of rotatable bonds is 6. The number of aromatic hydroxyl groups is 2. The third-order valence-corrected chi connectivity index (χ3v) is 5.03. The summed E-state index contributed by atoms with van der Waals surface area (Å²) in [4.78, 5) is 0. The van der Waals surface area contributed by atoms with Crippen LogP contribution in [0.25, 0.3) is 0 Å². The smallest absolute Gasteiger partial charge is 0.130 e. The van der Waals surface area contributed by atoms with E-state index in [4.69, 9.17) is 9.47 Å². The van der Waals surface area contributed by atoms with E-state index in [0.717, 1.165) is 40.5 Å². The Labute approximate surface area is 182 Å². The Hall–Kier alpha value is -3.92. The van der Waals surface area contributed by atoms with Crippen LogP contribution in [0.2, 0.25) is 0 Å². The largest absolute Gasteiger partial charge is 0.508 e. The van der Waals surface area contributed by atoms with Gasteiger partial charge < -0.3 is 19.7 Å². The predicted octanol–water partition coefficient (Wildman–Crippen LogP) is 6.89. The van der Waals surface area contributed by atoms with Crippen molar-refractivity contribution in [2.75, 3.05) is 0 Å². The van der Waals surface area contributed by atoms with Crippen LogP contribution in [-0.4, -0.2) is 10.2 Å². The van der Waals surface area contributed by atoms with Gasteiger partial charge in [0.05, 0.1) is 0 Å². The summed E-state index contributed by atoms with van der Waals surface area (Å²) >= 11 is 0. The second kappa shape index (κ2) is 8.84. The molecule has 4 aromatic carbocycles. The number of phenolic OH excluding ortho intramolecular Hbond substituents is 2. The Morgan fingerprint density at radius 3 is 1.29 bits per heavy atom. The molecule has 0 atom stereocenters. The highest BCUT2D eigenvalue weighted by Crippen LogP contribution is 2.29. The van der Waals surface area contributed by atoms with Crippen LogP contribution in [0, 0.1) is 13.8 Å². The van der Waals surface area contributed by atoms with Crippen LogP contribution >= 0.6 is 0 Å². The molecule has 0 saturated carbocycles. The summed E-state index contributed by atoms with van der Waals surface area (Å²) in [7, 11) is 0. The number of aryl methyl sites for hydroxylation is 2. The van der Waals surface area contributed by atoms with Crippen LogP contribution < -0.4 is 9.47 Å². The number of benzene rings is 4. The molecule has 2 N–H and O–H groups in total. The molecule has 0 aromatic heterocycles. The van der Waals surface area contributed by atoms with Crippen LogP contribution in [0.5, 0.6) is 34.5 Å². The zero-order chi connectivity index (χ0) is 21.8. The molecule has 0 aliphatic rings. The SMILES string of the molecule is Cc1cc(O)ccc1Oc1ccc(Cc2ccc(Oc3ccc(O)cc3C)cc2)cc1. The lowest BCUT2D eigenvalue weighted by molar-refractivity contribution is 0.461. The topological polar surface area (TPSA) is 58.9 Å². The number of hydrogen-bond acceptors (Lipinski definition) is 4. The zero-order valence-electron chi connectivity index (χ0n) is 17.5. The molecule has 4 rings (SSSR count). The van der Waals surface area contributed by atoms with Gasteiger partial charge in [-0.1, -0.05) is 24.3 Å². The first-order chi connectivity index (χ1) is 15.0. The highest BCUT2D eigenvalue weighted by molar-refractivity contribution is 5.43. The molecule has 0 heterocycles. The van der Waals surface area contributed by atoms with E-state index in [9.17, 15) is 10.2 Å². The van der Waals surface area contributed by atoms with E-state index >= 15 is 0 Å². The summed E-state index contributed by atoms with van der Waals surface area (Å²) in [6.45, 7) is 3.81. The van der Waals surface area contributed by atoms with Gasteiger partial charge in [-0.05, 0) is 103 Å². The summed E-state index contributed by atoms with van der Waals surface area (Å²) < 4.78 is 11.8. The molecule has 0 spiro atoms. The first-order valence-electron chi connectivity index (χ1n) is 10.1. The van der Waals surface area contributed by atoms with E-state index in [0.29, 0.717) is 0 Å². The zero-order valence-corrected chi connectivity index (χ0v) is 17.5. The lowest BCUT2D eigenvalue weighted by Crippen LogP contribution is -1.91. The summed E-state index contributed by atoms with van der Waals surface area (Å²) in [6.07, 6.45) is 0.803. The fourth-order valence-corrected chi connectivity index (χ4v) is 3.34. The lowest BCUT2D eigenvalue weighted by atomic mass is 10.0. The average molecular weight is 412 g/mol. The van der Waals surface area contributed by atoms with Gasteiger partial charge in [-0.3, -0.25) is 0 Å². The van der Waals surface area contributed by atoms with Crippen LogP contribution in [0.3, 0.4) is 0 Å². The minimum atomic E-state index is 0.231. The van der Waals surface area contributed by atoms with E-state index in [1.54, 1.807) is 36.4 Å². The molecule has 0 fully saturated rings. The highest BCUT2D eigenvalue weighted by Gasteiger charge is 2.05. The van der Waals surface area contributed by atoms with Crippen molar-refractivity contribution in [3.8, 4) is 34.5 Å². The van der Waals surface area contributed by atoms with E-state index < -0.39 is 0 Å². The molecule has 4 nitrogen and oxygen atoms in total. The molecule has 0 amide bonds. The van der Waals surface area contributed by atoms with Crippen LogP contribution in [-0.2, 0) is 6.42 Å². The Morgan fingerprint density at radius 2 is 0.935 bits per heavy atom. The van der Waals surface area contributed by atoms with Gasteiger partial charge in [0, 0.05) is 0 Å². The van der Waals surface area contributed by atoms with Gasteiger partial charge in [0.2, 0.25) is 0 Å². The van der Waals surface area contributed by atoms with Gasteiger partial charge in [0.15, 0.2) is 0 Å². The van der Waals surface area contributed by atoms with Crippen LogP contribution in [0.15, 0.2) is 84.9 Å². The molecular formula is C27H24O4. The van der Waals surface area contributed by atoms with Crippen molar-refractivity contribution >= 4 is 0 Å². The van der Waals surface area contributed by atoms with Crippen LogP contribution in [0.1, 0.15) is 22.3 Å². The Morgan fingerprint density at radius 1 is 0.548 bits per heavy atom. The van der Waals surface area contributed by atoms with Gasteiger partial charge >= 0.3 is 0 Å². The fourth-order valence-electron chi connectivity index (χ4n) is 3.34. The fraction of sp³-hybridized carbons (Fsp3) is 0.111. The standard InChI is InChI=1S/C27H24O4/c1-18-15-22(28)7-13-26(18)30-24-9-3-20(4-10-24)17-21-5-11-25(12-6-21)31-27-14-8-23(29)16-19(27)2/h3-16,28-29H,17H2,1-2H3. The maximum atomic E-state index is 9.52. The lowest BCUT2D eigenvalue weighted by Gasteiger charge is -2.11. The Kier molecular flexibility index (Phi) is 5.80. The maximum absolute atomic E-state index is 9.52. The van der Waals surface area contributed by atoms with Gasteiger partial charge in [-0.25, -0.2) is 0 Å². The third kappa shape index (κ3) is 5.17. The number of ether oxygens (including phenoxy) is 2. The van der Waals surface area contributed by atoms with Gasteiger partial charge in [0.1, 0.15) is 34.5 Å². The second-order valence-corrected chi connectivity index (χ2v) is 7.57. The summed E-state index contributed by atoms with van der Waals surface area (Å²) in [5.74, 6) is 3.43. The average Bonchev–Trinajstić information content (AvgIpc) is 2.75. The van der Waals surface area contributed by atoms with Gasteiger partial charge in [-0.15, -0.1) is 0 Å². The first kappa shape index (κ1) is 20.4. The van der Waals surface area contributed by atoms with E-state index in [1.807, 2.05) is 38.1 Å². The summed E-state index contributed by atoms with van der Waals surface area (Å²) in [6, 6.07) is 26.1. The van der Waals surface area contributed by atoms with Crippen LogP contribution in [0.4, 0.5) is 0 Å². The molecule has 4 heteroatoms. The Bertz CT molecular complexity index is 1080. The molecule has 156 valence electrons. The monoisotopic (exact) mass is 412 g/mol. The summed E-state index contributed by atoms with van der Waals surface area (Å²) in [5.41, 5.74) is 4.12. The quantitative estimate of drug-likeness (QED) is 0.362. The Balaban J connectivity index is 1.39. The van der Waals surface area contributed by atoms with Gasteiger partial charge in [-0.2, -0.15) is 0 Å². The minimum absolute atomic E-state index is 0.231. The minimum Gasteiger partial charge on any atom is -0.508 e. The predicted molar refractivity (Wildman–Crippen MR) is 122 cm³/mol. The molecule has 0 radical (unpaired) electrons. The van der Waals surface area contributed by atoms with Crippen molar-refractivity contribution in [2.24, 2.45) is 0 Å². The van der Waals surface area contributed by atoms with Crippen molar-refractivity contribution in [2.45, 2.75) is 20.3 Å². The maximum Gasteiger partial charge on any atom is 0.130 e. The molecule has 4 aromatic rings. The molecular weight excluding hydrogens is 388 g/mol. The van der Waals surface area contributed by atoms with Crippen molar-refractivity contribution in [3.63, 3.8) is 0 Å². The molecule has 0 unspecified atom stereocenters. The van der Waals surface area contributed by atoms with E-state index in [2.05, 4.69) is 24.3 Å². The summed E-state index contributed by atoms with van der Waals surface area (Å²) in [5, 5.41) is 19.0. The number of phenols is 2. The van der Waals surface area contributed by atoms with Crippen molar-refractivity contribution in [1.29, 1.82) is 0 Å². The van der Waals surface area contributed by atoms with Crippen molar-refractivity contribution < 1.29 is 19.7 Å². The first-order valence-corrected chi connectivity index (χ1v) is 10.1. The van der Waals surface area contributed by atoms with Gasteiger partial charge in [0.25, 0.3) is 0 Å². The van der Waals surface area contributed by atoms with Crippen molar-refractivity contribution in [3.05, 3.63) is 107 Å².